The Labute approximate surface area is 176 Å². The number of thiol groups is 1. The predicted molar refractivity (Wildman–Crippen MR) is 114 cm³/mol. The zero-order valence-corrected chi connectivity index (χ0v) is 17.5. The summed E-state index contributed by atoms with van der Waals surface area (Å²) in [6.07, 6.45) is 6.61. The molecule has 0 spiro atoms. The first-order valence-electron chi connectivity index (χ1n) is 9.43. The van der Waals surface area contributed by atoms with Crippen molar-refractivity contribution in [1.82, 2.24) is 14.7 Å². The molecular formula is C21H25ClFN3OS. The zero-order chi connectivity index (χ0) is 19.0. The first kappa shape index (κ1) is 21.1. The number of carbonyl (C=O) groups is 1. The van der Waals surface area contributed by atoms with Crippen LogP contribution in [0.1, 0.15) is 36.6 Å². The molecule has 1 aromatic carbocycles. The van der Waals surface area contributed by atoms with E-state index in [9.17, 15) is 9.18 Å². The Hall–Kier alpha value is -1.63. The topological polar surface area (TPSA) is 38.1 Å². The molecule has 28 heavy (non-hydrogen) atoms. The second kappa shape index (κ2) is 8.80. The fourth-order valence-electron chi connectivity index (χ4n) is 3.77. The van der Waals surface area contributed by atoms with Gasteiger partial charge in [0.05, 0.1) is 11.7 Å². The number of hydrogen-bond donors (Lipinski definition) is 1. The number of hydrogen-bond acceptors (Lipinski definition) is 4. The smallest absolute Gasteiger partial charge is 0.157 e. The Morgan fingerprint density at radius 3 is 2.68 bits per heavy atom. The minimum Gasteiger partial charge on any atom is -0.297 e. The maximum absolute atomic E-state index is 14.5. The number of likely N-dealkylation sites (tertiary alicyclic amines) is 1. The lowest BCUT2D eigenvalue weighted by molar-refractivity contribution is -0.126. The molecule has 1 aromatic heterocycles. The third-order valence-electron chi connectivity index (χ3n) is 5.39. The monoisotopic (exact) mass is 421 g/mol. The van der Waals surface area contributed by atoms with Gasteiger partial charge in [0.25, 0.3) is 0 Å². The standard InChI is InChI=1S/C21H24FN3OS.ClH/c1-24-10-8-16(23-24)12-15-13-25(11-9-19(15)27)20(21(26)14-6-7-14)17-4-2-3-5-18(17)22;/h2-5,8,10,12,14,19-20,27H,6-7,9,11,13H2,1H3;1H/b15-12-;. The molecular weight excluding hydrogens is 397 g/mol. The third-order valence-corrected chi connectivity index (χ3v) is 5.97. The molecule has 4 rings (SSSR count). The Morgan fingerprint density at radius 1 is 1.29 bits per heavy atom. The van der Waals surface area contributed by atoms with Crippen LogP contribution in [0, 0.1) is 11.7 Å². The van der Waals surface area contributed by atoms with Crippen LogP contribution in [0.5, 0.6) is 0 Å². The Morgan fingerprint density at radius 2 is 2.04 bits per heavy atom. The molecule has 4 nitrogen and oxygen atoms in total. The van der Waals surface area contributed by atoms with E-state index in [0.717, 1.165) is 37.1 Å². The van der Waals surface area contributed by atoms with E-state index < -0.39 is 6.04 Å². The molecule has 7 heteroatoms. The number of piperidine rings is 1. The van der Waals surface area contributed by atoms with Gasteiger partial charge in [-0.1, -0.05) is 18.2 Å². The van der Waals surface area contributed by atoms with E-state index in [-0.39, 0.29) is 35.2 Å². The van der Waals surface area contributed by atoms with E-state index in [1.807, 2.05) is 31.5 Å². The number of ketones is 1. The summed E-state index contributed by atoms with van der Waals surface area (Å²) >= 11 is 4.73. The molecule has 1 aliphatic carbocycles. The summed E-state index contributed by atoms with van der Waals surface area (Å²) in [5, 5.41) is 4.54. The van der Waals surface area contributed by atoms with E-state index in [2.05, 4.69) is 10.00 Å². The second-order valence-electron chi connectivity index (χ2n) is 7.51. The van der Waals surface area contributed by atoms with Gasteiger partial charge in [-0.3, -0.25) is 14.4 Å². The van der Waals surface area contributed by atoms with E-state index >= 15 is 0 Å². The average Bonchev–Trinajstić information content (AvgIpc) is 3.42. The maximum Gasteiger partial charge on any atom is 0.157 e. The number of halogens is 2. The largest absolute Gasteiger partial charge is 0.297 e. The molecule has 0 N–H and O–H groups in total. The van der Waals surface area contributed by atoms with E-state index in [1.54, 1.807) is 16.8 Å². The van der Waals surface area contributed by atoms with Crippen molar-refractivity contribution in [3.05, 3.63) is 59.2 Å². The number of aromatic nitrogens is 2. The van der Waals surface area contributed by atoms with Gasteiger partial charge >= 0.3 is 0 Å². The average molecular weight is 422 g/mol. The number of carbonyl (C=O) groups excluding carboxylic acids is 1. The van der Waals surface area contributed by atoms with Crippen molar-refractivity contribution in [2.24, 2.45) is 13.0 Å². The van der Waals surface area contributed by atoms with Crippen LogP contribution in [0.4, 0.5) is 4.39 Å². The normalized spacial score (nSPS) is 22.7. The molecule has 2 heterocycles. The minimum absolute atomic E-state index is 0. The predicted octanol–water partition coefficient (Wildman–Crippen LogP) is 4.09. The van der Waals surface area contributed by atoms with E-state index in [4.69, 9.17) is 12.6 Å². The van der Waals surface area contributed by atoms with Crippen LogP contribution in [0.3, 0.4) is 0 Å². The quantitative estimate of drug-likeness (QED) is 0.739. The SMILES string of the molecule is Cl.Cn1ccc(/C=C2/CN(C(C(=O)C3CC3)c3ccccc3F)CCC2S)n1. The number of Topliss-reactive ketones (excluding diaryl/α,β-unsaturated/α-hetero) is 1. The van der Waals surface area contributed by atoms with Crippen molar-refractivity contribution in [3.63, 3.8) is 0 Å². The minimum atomic E-state index is -0.522. The van der Waals surface area contributed by atoms with Gasteiger partial charge in [-0.25, -0.2) is 4.39 Å². The first-order chi connectivity index (χ1) is 13.0. The Kier molecular flexibility index (Phi) is 6.63. The lowest BCUT2D eigenvalue weighted by Gasteiger charge is -2.37. The molecule has 0 radical (unpaired) electrons. The van der Waals surface area contributed by atoms with Crippen molar-refractivity contribution in [2.75, 3.05) is 13.1 Å². The molecule has 2 aromatic rings. The van der Waals surface area contributed by atoms with Gasteiger partial charge in [0.15, 0.2) is 5.78 Å². The highest BCUT2D eigenvalue weighted by Crippen LogP contribution is 2.39. The molecule has 1 saturated carbocycles. The van der Waals surface area contributed by atoms with Gasteiger partial charge in [0.1, 0.15) is 5.82 Å². The summed E-state index contributed by atoms with van der Waals surface area (Å²) in [6, 6.07) is 8.10. The highest BCUT2D eigenvalue weighted by Gasteiger charge is 2.40. The molecule has 0 bridgehead atoms. The van der Waals surface area contributed by atoms with Gasteiger partial charge in [-0.15, -0.1) is 12.4 Å². The van der Waals surface area contributed by atoms with Crippen LogP contribution in [-0.4, -0.2) is 38.8 Å². The van der Waals surface area contributed by atoms with Crippen LogP contribution in [0.25, 0.3) is 6.08 Å². The van der Waals surface area contributed by atoms with Crippen molar-refractivity contribution in [1.29, 1.82) is 0 Å². The zero-order valence-electron chi connectivity index (χ0n) is 15.8. The Bertz CT molecular complexity index is 880. The second-order valence-corrected chi connectivity index (χ2v) is 8.13. The maximum atomic E-state index is 14.5. The molecule has 2 atom stereocenters. The summed E-state index contributed by atoms with van der Waals surface area (Å²) in [6.45, 7) is 1.33. The highest BCUT2D eigenvalue weighted by atomic mass is 35.5. The number of aryl methyl sites for hydroxylation is 1. The van der Waals surface area contributed by atoms with Crippen LogP contribution < -0.4 is 0 Å². The molecule has 150 valence electrons. The van der Waals surface area contributed by atoms with Gasteiger partial charge in [0.2, 0.25) is 0 Å². The fraction of sp³-hybridized carbons (Fsp3) is 0.429. The summed E-state index contributed by atoms with van der Waals surface area (Å²) in [5.74, 6) is -0.0822. The van der Waals surface area contributed by atoms with Crippen LogP contribution in [-0.2, 0) is 11.8 Å². The molecule has 0 amide bonds. The van der Waals surface area contributed by atoms with Gasteiger partial charge in [-0.05, 0) is 43.0 Å². The first-order valence-corrected chi connectivity index (χ1v) is 9.95. The van der Waals surface area contributed by atoms with Crippen LogP contribution >= 0.6 is 25.0 Å². The van der Waals surface area contributed by atoms with E-state index in [1.165, 1.54) is 6.07 Å². The van der Waals surface area contributed by atoms with Crippen molar-refractivity contribution < 1.29 is 9.18 Å². The third kappa shape index (κ3) is 4.50. The van der Waals surface area contributed by atoms with Gasteiger partial charge in [-0.2, -0.15) is 17.7 Å². The summed E-state index contributed by atoms with van der Waals surface area (Å²) in [7, 11) is 1.88. The fourth-order valence-corrected chi connectivity index (χ4v) is 4.04. The molecule has 2 fully saturated rings. The van der Waals surface area contributed by atoms with Crippen molar-refractivity contribution in [2.45, 2.75) is 30.6 Å². The lowest BCUT2D eigenvalue weighted by atomic mass is 9.93. The molecule has 2 aliphatic rings. The summed E-state index contributed by atoms with van der Waals surface area (Å²) in [5.41, 5.74) is 2.49. The molecule has 1 aliphatic heterocycles. The van der Waals surface area contributed by atoms with Gasteiger partial charge in [0, 0.05) is 43.1 Å². The summed E-state index contributed by atoms with van der Waals surface area (Å²) < 4.78 is 16.3. The van der Waals surface area contributed by atoms with E-state index in [0.29, 0.717) is 12.1 Å². The number of benzene rings is 1. The van der Waals surface area contributed by atoms with Crippen LogP contribution in [0.15, 0.2) is 42.1 Å². The van der Waals surface area contributed by atoms with Gasteiger partial charge < -0.3 is 0 Å². The number of nitrogens with zero attached hydrogens (tertiary/aromatic N) is 3. The molecule has 2 unspecified atom stereocenters. The Balaban J connectivity index is 0.00000225. The lowest BCUT2D eigenvalue weighted by Crippen LogP contribution is -2.42. The van der Waals surface area contributed by atoms with Crippen molar-refractivity contribution >= 4 is 36.9 Å². The highest BCUT2D eigenvalue weighted by molar-refractivity contribution is 7.81. The van der Waals surface area contributed by atoms with Crippen molar-refractivity contribution in [3.8, 4) is 0 Å². The van der Waals surface area contributed by atoms with Crippen LogP contribution in [0.2, 0.25) is 0 Å². The molecule has 1 saturated heterocycles. The summed E-state index contributed by atoms with van der Waals surface area (Å²) in [4.78, 5) is 15.2. The number of rotatable bonds is 5.